The number of benzene rings is 2. The number of unbranched alkanes of at least 4 members (excludes halogenated alkanes) is 1. The van der Waals surface area contributed by atoms with Crippen LogP contribution in [0, 0.1) is 0 Å². The summed E-state index contributed by atoms with van der Waals surface area (Å²) in [6.45, 7) is 2.27. The van der Waals surface area contributed by atoms with Crippen molar-refractivity contribution in [1.82, 2.24) is 0 Å². The van der Waals surface area contributed by atoms with Gasteiger partial charge >= 0.3 is 37.7 Å². The Balaban J connectivity index is 0.00000110. The molecule has 0 aliphatic carbocycles. The van der Waals surface area contributed by atoms with Gasteiger partial charge in [-0.1, -0.05) is 84.6 Å². The SMILES string of the molecule is CCCCC1=C(c2ccccc2)[Si-]c2ccccc21.[Li+].[Li+]. The van der Waals surface area contributed by atoms with Crippen molar-refractivity contribution in [2.75, 3.05) is 0 Å². The van der Waals surface area contributed by atoms with Crippen LogP contribution < -0.4 is 42.9 Å². The normalized spacial score (nSPS) is 12.0. The average Bonchev–Trinajstić information content (AvgIpc) is 2.85. The first-order valence-electron chi connectivity index (χ1n) is 7.05. The van der Waals surface area contributed by atoms with E-state index in [0.29, 0.717) is 0 Å². The Hall–Kier alpha value is -0.408. The van der Waals surface area contributed by atoms with Crippen LogP contribution in [0.2, 0.25) is 0 Å². The first-order chi connectivity index (χ1) is 9.40. The van der Waals surface area contributed by atoms with Gasteiger partial charge < -0.3 is 9.52 Å². The second-order valence-corrected chi connectivity index (χ2v) is 6.28. The van der Waals surface area contributed by atoms with Gasteiger partial charge in [-0.3, -0.25) is 0 Å². The van der Waals surface area contributed by atoms with Crippen LogP contribution in [0.15, 0.2) is 54.6 Å². The molecule has 3 heteroatoms. The van der Waals surface area contributed by atoms with E-state index in [4.69, 9.17) is 0 Å². The molecule has 0 saturated heterocycles. The van der Waals surface area contributed by atoms with Gasteiger partial charge in [0.2, 0.25) is 0 Å². The third kappa shape index (κ3) is 4.07. The van der Waals surface area contributed by atoms with E-state index < -0.39 is 0 Å². The van der Waals surface area contributed by atoms with Crippen molar-refractivity contribution in [3.05, 3.63) is 65.7 Å². The Morgan fingerprint density at radius 2 is 1.52 bits per heavy atom. The summed E-state index contributed by atoms with van der Waals surface area (Å²) in [6.07, 6.45) is 3.76. The molecular formula is C18H18Li2Si+. The summed E-state index contributed by atoms with van der Waals surface area (Å²) in [5, 5.41) is 3.09. The monoisotopic (exact) mass is 276 g/mol. The smallest absolute Gasteiger partial charge is 0.395 e. The molecule has 0 fully saturated rings. The molecule has 21 heavy (non-hydrogen) atoms. The van der Waals surface area contributed by atoms with Crippen molar-refractivity contribution in [2.24, 2.45) is 0 Å². The van der Waals surface area contributed by atoms with Gasteiger partial charge in [0.1, 0.15) is 0 Å². The molecule has 1 aliphatic rings. The van der Waals surface area contributed by atoms with Crippen molar-refractivity contribution < 1.29 is 37.7 Å². The summed E-state index contributed by atoms with van der Waals surface area (Å²) in [5.74, 6) is 0. The molecular weight excluding hydrogens is 258 g/mol. The van der Waals surface area contributed by atoms with E-state index in [1.165, 1.54) is 35.6 Å². The minimum absolute atomic E-state index is 0. The number of allylic oxidation sites excluding steroid dienone is 1. The molecule has 1 radical (unpaired) electrons. The molecule has 0 amide bonds. The number of hydrogen-bond acceptors (Lipinski definition) is 0. The van der Waals surface area contributed by atoms with Crippen molar-refractivity contribution >= 4 is 25.5 Å². The van der Waals surface area contributed by atoms with Crippen LogP contribution in [0.1, 0.15) is 37.3 Å². The zero-order chi connectivity index (χ0) is 13.1. The van der Waals surface area contributed by atoms with E-state index in [2.05, 4.69) is 61.5 Å². The molecule has 0 saturated carbocycles. The largest absolute Gasteiger partial charge is 1.00 e. The van der Waals surface area contributed by atoms with Gasteiger partial charge in [0, 0.05) is 0 Å². The second-order valence-electron chi connectivity index (χ2n) is 4.99. The van der Waals surface area contributed by atoms with Crippen LogP contribution in [-0.4, -0.2) is 9.52 Å². The van der Waals surface area contributed by atoms with Crippen LogP contribution in [0.5, 0.6) is 0 Å². The molecule has 0 spiro atoms. The van der Waals surface area contributed by atoms with Crippen LogP contribution in [0.25, 0.3) is 10.8 Å². The molecule has 2 aromatic carbocycles. The maximum Gasteiger partial charge on any atom is 1.00 e. The van der Waals surface area contributed by atoms with Crippen LogP contribution in [0.4, 0.5) is 0 Å². The molecule has 95 valence electrons. The molecule has 3 rings (SSSR count). The fraction of sp³-hybridized carbons (Fsp3) is 0.222. The van der Waals surface area contributed by atoms with Crippen molar-refractivity contribution in [1.29, 1.82) is 0 Å². The minimum Gasteiger partial charge on any atom is -0.395 e. The average molecular weight is 276 g/mol. The summed E-state index contributed by atoms with van der Waals surface area (Å²) in [6, 6.07) is 19.8. The zero-order valence-electron chi connectivity index (χ0n) is 13.3. The number of fused-ring (bicyclic) bond motifs is 1. The summed E-state index contributed by atoms with van der Waals surface area (Å²) >= 11 is 0. The molecule has 0 bridgehead atoms. The first-order valence-corrected chi connectivity index (χ1v) is 8.05. The molecule has 0 N–H and O–H groups in total. The Morgan fingerprint density at radius 1 is 0.857 bits per heavy atom. The van der Waals surface area contributed by atoms with Crippen molar-refractivity contribution in [3.63, 3.8) is 0 Å². The van der Waals surface area contributed by atoms with E-state index in [1.54, 1.807) is 10.8 Å². The molecule has 0 aromatic heterocycles. The predicted octanol–water partition coefficient (Wildman–Crippen LogP) is -1.90. The second kappa shape index (κ2) is 8.90. The fourth-order valence-electron chi connectivity index (χ4n) is 2.66. The Morgan fingerprint density at radius 3 is 2.24 bits per heavy atom. The van der Waals surface area contributed by atoms with E-state index >= 15 is 0 Å². The molecule has 2 aromatic rings. The summed E-state index contributed by atoms with van der Waals surface area (Å²) in [4.78, 5) is 0. The first kappa shape index (κ1) is 18.6. The Kier molecular flexibility index (Phi) is 7.90. The molecule has 1 heterocycles. The molecule has 1 aliphatic heterocycles. The van der Waals surface area contributed by atoms with Gasteiger partial charge in [0.15, 0.2) is 0 Å². The molecule has 0 unspecified atom stereocenters. The third-order valence-corrected chi connectivity index (χ3v) is 5.20. The Labute approximate surface area is 154 Å². The summed E-state index contributed by atoms with van der Waals surface area (Å²) in [7, 11) is 0.819. The quantitative estimate of drug-likeness (QED) is 0.572. The Bertz CT molecular complexity index is 606. The topological polar surface area (TPSA) is 0 Å². The molecule has 0 atom stereocenters. The van der Waals surface area contributed by atoms with Gasteiger partial charge in [0.05, 0.1) is 0 Å². The van der Waals surface area contributed by atoms with Crippen LogP contribution in [0.3, 0.4) is 0 Å². The van der Waals surface area contributed by atoms with Crippen LogP contribution >= 0.6 is 0 Å². The van der Waals surface area contributed by atoms with Gasteiger partial charge in [-0.05, 0) is 12.8 Å². The summed E-state index contributed by atoms with van der Waals surface area (Å²) < 4.78 is 0. The third-order valence-electron chi connectivity index (χ3n) is 3.66. The fourth-order valence-corrected chi connectivity index (χ4v) is 4.20. The zero-order valence-corrected chi connectivity index (χ0v) is 14.3. The van der Waals surface area contributed by atoms with Gasteiger partial charge in [-0.25, -0.2) is 10.4 Å². The predicted molar refractivity (Wildman–Crippen MR) is 84.6 cm³/mol. The maximum atomic E-state index is 2.29. The van der Waals surface area contributed by atoms with E-state index in [-0.39, 0.29) is 37.7 Å². The van der Waals surface area contributed by atoms with Crippen molar-refractivity contribution in [3.8, 4) is 0 Å². The number of hydrogen-bond donors (Lipinski definition) is 0. The summed E-state index contributed by atoms with van der Waals surface area (Å²) in [5.41, 5.74) is 4.48. The standard InChI is InChI=1S/C18H18Si.2Li/c1-2-3-11-16-15-12-7-8-13-17(15)19-18(16)14-9-5-4-6-10-14;;/h4-10,12-13H,2-3,11H2,1H3;;/q-1;2*+1. The molecule has 0 nitrogen and oxygen atoms in total. The van der Waals surface area contributed by atoms with E-state index in [1.807, 2.05) is 0 Å². The maximum absolute atomic E-state index is 2.29. The van der Waals surface area contributed by atoms with E-state index in [9.17, 15) is 0 Å². The van der Waals surface area contributed by atoms with Crippen LogP contribution in [-0.2, 0) is 0 Å². The van der Waals surface area contributed by atoms with Crippen molar-refractivity contribution in [2.45, 2.75) is 26.2 Å². The number of rotatable bonds is 4. The van der Waals surface area contributed by atoms with Gasteiger partial charge in [-0.15, -0.1) is 0 Å². The van der Waals surface area contributed by atoms with Gasteiger partial charge in [-0.2, -0.15) is 0 Å². The minimum atomic E-state index is 0. The van der Waals surface area contributed by atoms with Gasteiger partial charge in [0.25, 0.3) is 0 Å². The van der Waals surface area contributed by atoms with E-state index in [0.717, 1.165) is 9.52 Å².